The molecule has 1 saturated heterocycles. The van der Waals surface area contributed by atoms with Gasteiger partial charge in [0, 0.05) is 5.75 Å². The van der Waals surface area contributed by atoms with Crippen molar-refractivity contribution in [3.63, 3.8) is 0 Å². The summed E-state index contributed by atoms with van der Waals surface area (Å²) < 4.78 is 0. The van der Waals surface area contributed by atoms with Crippen LogP contribution in [0.25, 0.3) is 0 Å². The van der Waals surface area contributed by atoms with Gasteiger partial charge in [0.1, 0.15) is 4.87 Å². The van der Waals surface area contributed by atoms with Gasteiger partial charge in [-0.2, -0.15) is 17.0 Å². The first-order valence-electron chi connectivity index (χ1n) is 3.65. The minimum absolute atomic E-state index is 0.223. The topological polar surface area (TPSA) is 23.8 Å². The number of alkyl halides is 1. The molecule has 0 saturated carbocycles. The van der Waals surface area contributed by atoms with Crippen LogP contribution >= 0.6 is 23.4 Å². The quantitative estimate of drug-likeness (QED) is 0.547. The summed E-state index contributed by atoms with van der Waals surface area (Å²) in [7, 11) is 0. The van der Waals surface area contributed by atoms with Gasteiger partial charge in [0.05, 0.1) is 6.07 Å². The van der Waals surface area contributed by atoms with Gasteiger partial charge >= 0.3 is 0 Å². The maximum atomic E-state index is 8.79. The molecule has 0 aromatic heterocycles. The summed E-state index contributed by atoms with van der Waals surface area (Å²) in [5, 5.41) is 8.79. The van der Waals surface area contributed by atoms with E-state index in [1.54, 1.807) is 11.8 Å². The Hall–Kier alpha value is 0.130. The van der Waals surface area contributed by atoms with Crippen LogP contribution in [-0.4, -0.2) is 16.4 Å². The fourth-order valence-corrected chi connectivity index (χ4v) is 3.26. The average molecular weight is 190 g/mol. The van der Waals surface area contributed by atoms with Gasteiger partial charge in [-0.1, -0.05) is 13.8 Å². The van der Waals surface area contributed by atoms with Crippen LogP contribution < -0.4 is 0 Å². The van der Waals surface area contributed by atoms with Crippen molar-refractivity contribution in [1.82, 2.24) is 0 Å². The zero-order valence-corrected chi connectivity index (χ0v) is 8.43. The van der Waals surface area contributed by atoms with Crippen molar-refractivity contribution >= 4 is 23.4 Å². The van der Waals surface area contributed by atoms with Crippen LogP contribution in [0.5, 0.6) is 0 Å². The van der Waals surface area contributed by atoms with Gasteiger partial charge in [0.25, 0.3) is 0 Å². The lowest BCUT2D eigenvalue weighted by atomic mass is 9.85. The lowest BCUT2D eigenvalue weighted by Gasteiger charge is -2.36. The van der Waals surface area contributed by atoms with Crippen LogP contribution in [0.2, 0.25) is 0 Å². The first-order chi connectivity index (χ1) is 4.97. The van der Waals surface area contributed by atoms with Crippen molar-refractivity contribution in [1.29, 1.82) is 5.26 Å². The molecule has 1 heterocycles. The molecule has 0 bridgehead atoms. The Morgan fingerprint density at radius 1 is 1.45 bits per heavy atom. The molecule has 3 heteroatoms. The highest BCUT2D eigenvalue weighted by molar-refractivity contribution is 7.99. The molecular formula is C8H12ClNS. The Labute approximate surface area is 77.1 Å². The largest absolute Gasteiger partial charge is 0.196 e. The number of nitriles is 1. The third-order valence-corrected chi connectivity index (χ3v) is 3.98. The van der Waals surface area contributed by atoms with Crippen LogP contribution in [0.15, 0.2) is 0 Å². The highest BCUT2D eigenvalue weighted by Gasteiger charge is 2.39. The number of rotatable bonds is 0. The molecule has 1 aliphatic heterocycles. The minimum atomic E-state index is -0.605. The molecule has 1 rings (SSSR count). The van der Waals surface area contributed by atoms with Gasteiger partial charge in [0.15, 0.2) is 0 Å². The van der Waals surface area contributed by atoms with E-state index >= 15 is 0 Å². The molecular weight excluding hydrogens is 178 g/mol. The molecule has 0 aromatic rings. The number of halogens is 1. The van der Waals surface area contributed by atoms with Crippen molar-refractivity contribution in [2.24, 2.45) is 5.41 Å². The van der Waals surface area contributed by atoms with E-state index in [1.807, 2.05) is 0 Å². The van der Waals surface area contributed by atoms with Crippen LogP contribution in [0, 0.1) is 16.7 Å². The summed E-state index contributed by atoms with van der Waals surface area (Å²) in [5.74, 6) is 1.89. The molecule has 0 amide bonds. The molecule has 0 radical (unpaired) electrons. The molecule has 0 spiro atoms. The Kier molecular flexibility index (Phi) is 2.41. The van der Waals surface area contributed by atoms with Crippen molar-refractivity contribution in [3.8, 4) is 6.07 Å². The Bertz CT molecular complexity index is 197. The summed E-state index contributed by atoms with van der Waals surface area (Å²) in [6, 6.07) is 2.18. The molecule has 0 aliphatic carbocycles. The Morgan fingerprint density at radius 3 is 2.45 bits per heavy atom. The predicted octanol–water partition coefficient (Wildman–Crippen LogP) is 2.65. The molecule has 11 heavy (non-hydrogen) atoms. The van der Waals surface area contributed by atoms with E-state index in [2.05, 4.69) is 19.9 Å². The lowest BCUT2D eigenvalue weighted by molar-refractivity contribution is 0.352. The molecule has 62 valence electrons. The number of hydrogen-bond donors (Lipinski definition) is 0. The highest BCUT2D eigenvalue weighted by atomic mass is 35.5. The molecule has 1 aliphatic rings. The van der Waals surface area contributed by atoms with E-state index in [1.165, 1.54) is 0 Å². The lowest BCUT2D eigenvalue weighted by Crippen LogP contribution is -2.36. The summed E-state index contributed by atoms with van der Waals surface area (Å²) >= 11 is 7.84. The summed E-state index contributed by atoms with van der Waals surface area (Å²) in [5.41, 5.74) is 0.223. The van der Waals surface area contributed by atoms with E-state index in [0.29, 0.717) is 0 Å². The second-order valence-corrected chi connectivity index (χ2v) is 5.62. The van der Waals surface area contributed by atoms with E-state index in [4.69, 9.17) is 16.9 Å². The average Bonchev–Trinajstić information content (AvgIpc) is 1.85. The molecule has 1 unspecified atom stereocenters. The summed E-state index contributed by atoms with van der Waals surface area (Å²) in [6.45, 7) is 4.32. The van der Waals surface area contributed by atoms with Gasteiger partial charge in [-0.05, 0) is 17.6 Å². The number of hydrogen-bond acceptors (Lipinski definition) is 2. The van der Waals surface area contributed by atoms with Crippen molar-refractivity contribution in [2.75, 3.05) is 11.5 Å². The highest BCUT2D eigenvalue weighted by Crippen LogP contribution is 2.42. The summed E-state index contributed by atoms with van der Waals surface area (Å²) in [6.07, 6.45) is 0.811. The monoisotopic (exact) mass is 189 g/mol. The zero-order valence-electron chi connectivity index (χ0n) is 6.85. The number of nitrogens with zero attached hydrogens (tertiary/aromatic N) is 1. The standard InChI is InChI=1S/C8H12ClNS/c1-7(2)3-8(9,4-10)6-11-5-7/h3,5-6H2,1-2H3. The Balaban J connectivity index is 2.69. The van der Waals surface area contributed by atoms with Crippen molar-refractivity contribution in [2.45, 2.75) is 25.1 Å². The van der Waals surface area contributed by atoms with E-state index in [0.717, 1.165) is 17.9 Å². The minimum Gasteiger partial charge on any atom is -0.196 e. The van der Waals surface area contributed by atoms with Gasteiger partial charge < -0.3 is 0 Å². The van der Waals surface area contributed by atoms with Gasteiger partial charge in [-0.25, -0.2) is 0 Å². The first-order valence-corrected chi connectivity index (χ1v) is 5.19. The molecule has 0 N–H and O–H groups in total. The van der Waals surface area contributed by atoms with E-state index in [-0.39, 0.29) is 5.41 Å². The third-order valence-electron chi connectivity index (χ3n) is 1.78. The van der Waals surface area contributed by atoms with Crippen LogP contribution in [-0.2, 0) is 0 Å². The van der Waals surface area contributed by atoms with Crippen molar-refractivity contribution < 1.29 is 0 Å². The maximum Gasteiger partial charge on any atom is 0.140 e. The first kappa shape index (κ1) is 9.22. The van der Waals surface area contributed by atoms with E-state index in [9.17, 15) is 0 Å². The fourth-order valence-electron chi connectivity index (χ4n) is 1.42. The second-order valence-electron chi connectivity index (χ2n) is 3.91. The smallest absolute Gasteiger partial charge is 0.140 e. The van der Waals surface area contributed by atoms with Crippen LogP contribution in [0.1, 0.15) is 20.3 Å². The van der Waals surface area contributed by atoms with Gasteiger partial charge in [-0.15, -0.1) is 11.6 Å². The third kappa shape index (κ3) is 2.28. The zero-order chi connectivity index (χ0) is 8.54. The molecule has 1 nitrogen and oxygen atoms in total. The molecule has 1 atom stereocenters. The predicted molar refractivity (Wildman–Crippen MR) is 49.9 cm³/mol. The Morgan fingerprint density at radius 2 is 2.09 bits per heavy atom. The molecule has 1 fully saturated rings. The normalized spacial score (nSPS) is 36.2. The molecule has 0 aromatic carbocycles. The number of thioether (sulfide) groups is 1. The maximum absolute atomic E-state index is 8.79. The van der Waals surface area contributed by atoms with E-state index < -0.39 is 4.87 Å². The van der Waals surface area contributed by atoms with Crippen LogP contribution in [0.3, 0.4) is 0 Å². The SMILES string of the molecule is CC1(C)CSCC(Cl)(C#N)C1. The fraction of sp³-hybridized carbons (Fsp3) is 0.875. The second kappa shape index (κ2) is 2.88. The van der Waals surface area contributed by atoms with Crippen molar-refractivity contribution in [3.05, 3.63) is 0 Å². The summed E-state index contributed by atoms with van der Waals surface area (Å²) in [4.78, 5) is -0.605. The van der Waals surface area contributed by atoms with Gasteiger partial charge in [0.2, 0.25) is 0 Å². The van der Waals surface area contributed by atoms with Crippen LogP contribution in [0.4, 0.5) is 0 Å². The van der Waals surface area contributed by atoms with Gasteiger partial charge in [-0.3, -0.25) is 0 Å².